The van der Waals surface area contributed by atoms with Crippen LogP contribution in [0.2, 0.25) is 0 Å². The van der Waals surface area contributed by atoms with Crippen molar-refractivity contribution in [1.29, 1.82) is 0 Å². The van der Waals surface area contributed by atoms with Crippen molar-refractivity contribution in [3.8, 4) is 0 Å². The van der Waals surface area contributed by atoms with E-state index in [4.69, 9.17) is 28.4 Å². The van der Waals surface area contributed by atoms with E-state index in [0.29, 0.717) is 17.1 Å². The number of hydrogen-bond acceptors (Lipinski definition) is 9. The lowest BCUT2D eigenvalue weighted by atomic mass is 9.81. The molecule has 3 aromatic carbocycles. The molecular weight excluding hydrogens is 534 g/mol. The minimum atomic E-state index is -1.54. The van der Waals surface area contributed by atoms with E-state index in [0.717, 1.165) is 0 Å². The maximum atomic E-state index is 12.9. The van der Waals surface area contributed by atoms with Crippen LogP contribution in [0.3, 0.4) is 0 Å². The molecule has 1 aliphatic carbocycles. The molecule has 3 heterocycles. The normalized spacial score (nSPS) is 29.2. The molecule has 3 amide bonds. The van der Waals surface area contributed by atoms with Gasteiger partial charge in [-0.05, 0) is 36.4 Å². The molecule has 4 fully saturated rings. The average Bonchev–Trinajstić information content (AvgIpc) is 2.95. The summed E-state index contributed by atoms with van der Waals surface area (Å²) < 4.78 is 35.2. The van der Waals surface area contributed by atoms with E-state index >= 15 is 0 Å². The fourth-order valence-corrected chi connectivity index (χ4v) is 5.13. The number of anilines is 3. The van der Waals surface area contributed by atoms with E-state index in [1.807, 2.05) is 18.2 Å². The Morgan fingerprint density at radius 3 is 1.07 bits per heavy atom. The maximum Gasteiger partial charge on any atom is 0.412 e. The van der Waals surface area contributed by atoms with Gasteiger partial charge in [-0.3, -0.25) is 16.0 Å². The molecule has 3 saturated heterocycles. The Labute approximate surface area is 234 Å². The molecular formula is C29H27N3O9. The third-order valence-corrected chi connectivity index (χ3v) is 6.78. The summed E-state index contributed by atoms with van der Waals surface area (Å²) in [4.78, 5) is 38.7. The Morgan fingerprint density at radius 1 is 0.537 bits per heavy atom. The number of hydrogen-bond donors (Lipinski definition) is 3. The first-order valence-electron chi connectivity index (χ1n) is 13.0. The van der Waals surface area contributed by atoms with Crippen molar-refractivity contribution >= 4 is 35.3 Å². The lowest BCUT2D eigenvalue weighted by molar-refractivity contribution is -0.528. The van der Waals surface area contributed by atoms with Gasteiger partial charge in [-0.25, -0.2) is 14.4 Å². The largest absolute Gasteiger partial charge is 0.440 e. The zero-order valence-electron chi connectivity index (χ0n) is 21.8. The average molecular weight is 562 g/mol. The molecule has 0 spiro atoms. The number of nitrogens with one attached hydrogen (secondary N) is 3. The smallest absolute Gasteiger partial charge is 0.412 e. The summed E-state index contributed by atoms with van der Waals surface area (Å²) >= 11 is 0. The van der Waals surface area contributed by atoms with Crippen molar-refractivity contribution in [3.05, 3.63) is 91.0 Å². The molecule has 41 heavy (non-hydrogen) atoms. The molecule has 12 heteroatoms. The number of carbonyl (C=O) groups is 3. The molecule has 12 nitrogen and oxygen atoms in total. The van der Waals surface area contributed by atoms with E-state index in [1.54, 1.807) is 79.7 Å². The second-order valence-corrected chi connectivity index (χ2v) is 9.69. The summed E-state index contributed by atoms with van der Waals surface area (Å²) in [7, 11) is 0. The summed E-state index contributed by atoms with van der Waals surface area (Å²) in [5.74, 6) is -1.54. The highest BCUT2D eigenvalue weighted by Crippen LogP contribution is 2.48. The Hall–Kier alpha value is -4.65. The number of ether oxygens (including phenoxy) is 6. The topological polar surface area (TPSA) is 143 Å². The minimum absolute atomic E-state index is 0.503. The summed E-state index contributed by atoms with van der Waals surface area (Å²) in [5.41, 5.74) is 1.51. The van der Waals surface area contributed by atoms with Gasteiger partial charge in [-0.1, -0.05) is 54.6 Å². The first-order valence-corrected chi connectivity index (χ1v) is 13.0. The van der Waals surface area contributed by atoms with Crippen LogP contribution in [0.5, 0.6) is 0 Å². The monoisotopic (exact) mass is 561 g/mol. The minimum Gasteiger partial charge on any atom is -0.440 e. The second-order valence-electron chi connectivity index (χ2n) is 9.69. The lowest BCUT2D eigenvalue weighted by Crippen LogP contribution is -2.79. The standard InChI is InChI=1S/C29H27N3O9/c1-29-39-23-20(36-26(33)30-17-11-5-2-6-12-17)24(40-29)22(38-28(35)32-19-15-9-4-10-16-19)25(41-29)21(23)37-27(34)31-18-13-7-3-8-14-18/h2-16,20-25H,1H3,(H,30,33)(H,31,34)(H,32,35). The molecule has 3 N–H and O–H groups in total. The molecule has 3 aliphatic heterocycles. The number of benzene rings is 3. The van der Waals surface area contributed by atoms with Gasteiger partial charge in [0.05, 0.1) is 0 Å². The molecule has 3 aromatic rings. The fourth-order valence-electron chi connectivity index (χ4n) is 5.13. The van der Waals surface area contributed by atoms with Crippen molar-refractivity contribution < 1.29 is 42.8 Å². The zero-order valence-corrected chi connectivity index (χ0v) is 21.8. The lowest BCUT2D eigenvalue weighted by Gasteiger charge is -2.60. The second kappa shape index (κ2) is 11.1. The van der Waals surface area contributed by atoms with Gasteiger partial charge in [-0.2, -0.15) is 0 Å². The zero-order chi connectivity index (χ0) is 28.4. The Kier molecular flexibility index (Phi) is 7.18. The predicted molar refractivity (Wildman–Crippen MR) is 144 cm³/mol. The Bertz CT molecular complexity index is 1210. The van der Waals surface area contributed by atoms with Crippen molar-refractivity contribution in [1.82, 2.24) is 0 Å². The highest BCUT2D eigenvalue weighted by molar-refractivity contribution is 5.86. The number of amides is 3. The van der Waals surface area contributed by atoms with Gasteiger partial charge in [0.25, 0.3) is 5.97 Å². The van der Waals surface area contributed by atoms with Gasteiger partial charge >= 0.3 is 18.3 Å². The molecule has 212 valence electrons. The molecule has 7 rings (SSSR count). The molecule has 0 unspecified atom stereocenters. The Balaban J connectivity index is 1.25. The number of rotatable bonds is 6. The fraction of sp³-hybridized carbons (Fsp3) is 0.276. The predicted octanol–water partition coefficient (Wildman–Crippen LogP) is 4.71. The van der Waals surface area contributed by atoms with Crippen LogP contribution in [0.1, 0.15) is 6.92 Å². The molecule has 1 saturated carbocycles. The first-order chi connectivity index (χ1) is 19.9. The van der Waals surface area contributed by atoms with Crippen molar-refractivity contribution in [2.75, 3.05) is 16.0 Å². The summed E-state index contributed by atoms with van der Waals surface area (Å²) in [6, 6.07) is 26.1. The van der Waals surface area contributed by atoms with Gasteiger partial charge in [0.15, 0.2) is 18.3 Å². The van der Waals surface area contributed by atoms with E-state index in [9.17, 15) is 14.4 Å². The van der Waals surface area contributed by atoms with Crippen LogP contribution in [0.4, 0.5) is 31.4 Å². The molecule has 0 atom stereocenters. The maximum absolute atomic E-state index is 12.9. The molecule has 0 aromatic heterocycles. The van der Waals surface area contributed by atoms with Crippen LogP contribution in [-0.4, -0.2) is 60.9 Å². The third kappa shape index (κ3) is 5.80. The molecule has 4 aliphatic rings. The summed E-state index contributed by atoms with van der Waals surface area (Å²) in [6.07, 6.45) is -8.75. The van der Waals surface area contributed by atoms with Crippen molar-refractivity contribution in [2.45, 2.75) is 49.5 Å². The van der Waals surface area contributed by atoms with Crippen LogP contribution in [-0.2, 0) is 28.4 Å². The number of para-hydroxylation sites is 3. The van der Waals surface area contributed by atoms with E-state index < -0.39 is 60.9 Å². The van der Waals surface area contributed by atoms with Crippen LogP contribution in [0, 0.1) is 0 Å². The third-order valence-electron chi connectivity index (χ3n) is 6.78. The summed E-state index contributed by atoms with van der Waals surface area (Å²) in [5, 5.41) is 7.93. The van der Waals surface area contributed by atoms with Crippen LogP contribution >= 0.6 is 0 Å². The van der Waals surface area contributed by atoms with E-state index in [1.165, 1.54) is 0 Å². The van der Waals surface area contributed by atoms with Crippen molar-refractivity contribution in [3.63, 3.8) is 0 Å². The van der Waals surface area contributed by atoms with E-state index in [-0.39, 0.29) is 0 Å². The van der Waals surface area contributed by atoms with E-state index in [2.05, 4.69) is 16.0 Å². The quantitative estimate of drug-likeness (QED) is 0.365. The van der Waals surface area contributed by atoms with Gasteiger partial charge in [0.2, 0.25) is 0 Å². The number of carbonyl (C=O) groups excluding carboxylic acids is 3. The van der Waals surface area contributed by atoms with Crippen LogP contribution in [0.15, 0.2) is 91.0 Å². The van der Waals surface area contributed by atoms with Gasteiger partial charge in [-0.15, -0.1) is 0 Å². The van der Waals surface area contributed by atoms with Crippen LogP contribution < -0.4 is 16.0 Å². The van der Waals surface area contributed by atoms with Crippen LogP contribution in [0.25, 0.3) is 0 Å². The van der Waals surface area contributed by atoms with Gasteiger partial charge in [0.1, 0.15) is 18.3 Å². The highest BCUT2D eigenvalue weighted by atomic mass is 16.9. The molecule has 0 radical (unpaired) electrons. The SMILES string of the molecule is CC12OC3C(OC(=O)Nc4ccccc4)C(O1)C(OC(=O)Nc1ccccc1)C(O2)C3OC(=O)Nc1ccccc1. The van der Waals surface area contributed by atoms with Crippen molar-refractivity contribution in [2.24, 2.45) is 0 Å². The van der Waals surface area contributed by atoms with Gasteiger partial charge < -0.3 is 28.4 Å². The van der Waals surface area contributed by atoms with Gasteiger partial charge in [0, 0.05) is 24.0 Å². The molecule has 4 bridgehead atoms. The first kappa shape index (κ1) is 26.6. The highest BCUT2D eigenvalue weighted by Gasteiger charge is 2.70. The Morgan fingerprint density at radius 2 is 0.805 bits per heavy atom. The summed E-state index contributed by atoms with van der Waals surface area (Å²) in [6.45, 7) is 1.54.